The molecule has 0 amide bonds. The highest BCUT2D eigenvalue weighted by Crippen LogP contribution is 2.41. The van der Waals surface area contributed by atoms with Crippen LogP contribution in [0.25, 0.3) is 64.0 Å². The fourth-order valence-electron chi connectivity index (χ4n) is 6.65. The lowest BCUT2D eigenvalue weighted by Crippen LogP contribution is -2.09. The number of hydrogen-bond donors (Lipinski definition) is 0. The van der Waals surface area contributed by atoms with Crippen LogP contribution in [-0.2, 0) is 0 Å². The molecule has 0 atom stereocenters. The second kappa shape index (κ2) is 11.0. The Bertz CT molecular complexity index is 2530. The van der Waals surface area contributed by atoms with Crippen LogP contribution in [0.4, 0.5) is 17.1 Å². The van der Waals surface area contributed by atoms with E-state index in [0.29, 0.717) is 0 Å². The van der Waals surface area contributed by atoms with Gasteiger partial charge in [0.25, 0.3) is 0 Å². The van der Waals surface area contributed by atoms with Crippen LogP contribution < -0.4 is 4.90 Å². The molecule has 1 nitrogen and oxygen atoms in total. The molecule has 0 bridgehead atoms. The van der Waals surface area contributed by atoms with Gasteiger partial charge in [-0.3, -0.25) is 0 Å². The largest absolute Gasteiger partial charge is 0.310 e. The Morgan fingerprint density at radius 2 is 0.804 bits per heavy atom. The van der Waals surface area contributed by atoms with Gasteiger partial charge < -0.3 is 4.90 Å². The number of rotatable bonds is 5. The zero-order valence-corrected chi connectivity index (χ0v) is 25.9. The summed E-state index contributed by atoms with van der Waals surface area (Å²) in [4.78, 5) is 2.35. The zero-order valence-electron chi connectivity index (χ0n) is 25.1. The average molecular weight is 604 g/mol. The Morgan fingerprint density at radius 1 is 0.304 bits per heavy atom. The third-order valence-electron chi connectivity index (χ3n) is 9.02. The van der Waals surface area contributed by atoms with E-state index >= 15 is 0 Å². The van der Waals surface area contributed by atoms with E-state index in [1.165, 1.54) is 64.0 Å². The van der Waals surface area contributed by atoms with Crippen molar-refractivity contribution in [1.29, 1.82) is 0 Å². The smallest absolute Gasteiger partial charge is 0.0476 e. The monoisotopic (exact) mass is 603 g/mol. The molecule has 0 N–H and O–H groups in total. The number of benzene rings is 8. The molecule has 1 heterocycles. The summed E-state index contributed by atoms with van der Waals surface area (Å²) in [5.41, 5.74) is 8.35. The van der Waals surface area contributed by atoms with Crippen molar-refractivity contribution in [3.05, 3.63) is 176 Å². The number of nitrogens with zero attached hydrogens (tertiary/aromatic N) is 1. The first-order chi connectivity index (χ1) is 22.8. The van der Waals surface area contributed by atoms with Crippen LogP contribution >= 0.6 is 11.3 Å². The van der Waals surface area contributed by atoms with Crippen LogP contribution in [0.3, 0.4) is 0 Å². The molecule has 0 aliphatic heterocycles. The molecule has 0 fully saturated rings. The summed E-state index contributed by atoms with van der Waals surface area (Å²) in [6, 6.07) is 64.0. The molecule has 9 rings (SSSR count). The van der Waals surface area contributed by atoms with Crippen molar-refractivity contribution in [2.75, 3.05) is 4.90 Å². The van der Waals surface area contributed by atoms with E-state index in [-0.39, 0.29) is 0 Å². The molecule has 0 aliphatic rings. The number of hydrogen-bond acceptors (Lipinski definition) is 2. The Labute approximate surface area is 272 Å². The van der Waals surface area contributed by atoms with E-state index in [1.807, 2.05) is 11.3 Å². The third-order valence-corrected chi connectivity index (χ3v) is 10.2. The summed E-state index contributed by atoms with van der Waals surface area (Å²) < 4.78 is 2.63. The van der Waals surface area contributed by atoms with Gasteiger partial charge >= 0.3 is 0 Å². The Hall–Kier alpha value is -5.70. The number of fused-ring (bicyclic) bond motifs is 5. The van der Waals surface area contributed by atoms with Gasteiger partial charge in [0.05, 0.1) is 0 Å². The van der Waals surface area contributed by atoms with Gasteiger partial charge in [-0.2, -0.15) is 0 Å². The van der Waals surface area contributed by atoms with Crippen molar-refractivity contribution in [2.24, 2.45) is 0 Å². The zero-order chi connectivity index (χ0) is 30.5. The Balaban J connectivity index is 1.05. The van der Waals surface area contributed by atoms with E-state index in [9.17, 15) is 0 Å². The van der Waals surface area contributed by atoms with Gasteiger partial charge in [0.15, 0.2) is 0 Å². The Morgan fingerprint density at radius 3 is 1.54 bits per heavy atom. The number of para-hydroxylation sites is 1. The lowest BCUT2D eigenvalue weighted by Gasteiger charge is -2.25. The van der Waals surface area contributed by atoms with Crippen molar-refractivity contribution in [3.8, 4) is 22.3 Å². The molecule has 9 aromatic rings. The third kappa shape index (κ3) is 4.72. The summed E-state index contributed by atoms with van der Waals surface area (Å²) in [7, 11) is 0. The van der Waals surface area contributed by atoms with Gasteiger partial charge in [-0.25, -0.2) is 0 Å². The second-order valence-corrected chi connectivity index (χ2v) is 12.9. The number of thiophene rings is 1. The lowest BCUT2D eigenvalue weighted by atomic mass is 9.96. The molecule has 2 heteroatoms. The highest BCUT2D eigenvalue weighted by atomic mass is 32.1. The summed E-state index contributed by atoms with van der Waals surface area (Å²) in [5.74, 6) is 0. The van der Waals surface area contributed by atoms with Gasteiger partial charge in [0, 0.05) is 37.2 Å². The molecule has 0 aliphatic carbocycles. The van der Waals surface area contributed by atoms with E-state index in [1.54, 1.807) is 0 Å². The fourth-order valence-corrected chi connectivity index (χ4v) is 7.79. The van der Waals surface area contributed by atoms with Crippen LogP contribution in [-0.4, -0.2) is 0 Å². The summed E-state index contributed by atoms with van der Waals surface area (Å²) in [6.45, 7) is 0. The average Bonchev–Trinajstić information content (AvgIpc) is 3.50. The van der Waals surface area contributed by atoms with Gasteiger partial charge in [-0.1, -0.05) is 115 Å². The van der Waals surface area contributed by atoms with E-state index in [2.05, 4.69) is 181 Å². The van der Waals surface area contributed by atoms with Crippen LogP contribution in [0, 0.1) is 0 Å². The highest BCUT2D eigenvalue weighted by molar-refractivity contribution is 7.25. The second-order valence-electron chi connectivity index (χ2n) is 11.8. The topological polar surface area (TPSA) is 3.24 Å². The first-order valence-corrected chi connectivity index (χ1v) is 16.5. The molecule has 8 aromatic carbocycles. The van der Waals surface area contributed by atoms with Crippen molar-refractivity contribution in [1.82, 2.24) is 0 Å². The van der Waals surface area contributed by atoms with Gasteiger partial charge in [0.2, 0.25) is 0 Å². The summed E-state index contributed by atoms with van der Waals surface area (Å²) in [6.07, 6.45) is 0. The van der Waals surface area contributed by atoms with Crippen LogP contribution in [0.15, 0.2) is 176 Å². The van der Waals surface area contributed by atoms with E-state index < -0.39 is 0 Å². The van der Waals surface area contributed by atoms with Crippen LogP contribution in [0.2, 0.25) is 0 Å². The molecular formula is C44H29NS. The minimum Gasteiger partial charge on any atom is -0.310 e. The van der Waals surface area contributed by atoms with E-state index in [0.717, 1.165) is 17.1 Å². The minimum atomic E-state index is 1.14. The molecule has 216 valence electrons. The fraction of sp³-hybridized carbons (Fsp3) is 0. The van der Waals surface area contributed by atoms with Crippen molar-refractivity contribution in [3.63, 3.8) is 0 Å². The minimum absolute atomic E-state index is 1.14. The molecule has 46 heavy (non-hydrogen) atoms. The molecule has 1 aromatic heterocycles. The SMILES string of the molecule is c1ccc(N(c2ccc(-c3ccc4cc(-c5ccc6ccccc6c5)ccc4c3)cc2)c2ccc3c(c2)sc2ccccc23)cc1. The lowest BCUT2D eigenvalue weighted by molar-refractivity contribution is 1.29. The first kappa shape index (κ1) is 26.7. The van der Waals surface area contributed by atoms with Gasteiger partial charge in [0.1, 0.15) is 0 Å². The van der Waals surface area contributed by atoms with Crippen LogP contribution in [0.5, 0.6) is 0 Å². The molecule has 0 saturated heterocycles. The van der Waals surface area contributed by atoms with Crippen molar-refractivity contribution >= 4 is 70.1 Å². The van der Waals surface area contributed by atoms with Crippen molar-refractivity contribution < 1.29 is 0 Å². The molecule has 0 unspecified atom stereocenters. The predicted molar refractivity (Wildman–Crippen MR) is 200 cm³/mol. The molecule has 0 radical (unpaired) electrons. The maximum absolute atomic E-state index is 2.35. The maximum Gasteiger partial charge on any atom is 0.0476 e. The van der Waals surface area contributed by atoms with Crippen molar-refractivity contribution in [2.45, 2.75) is 0 Å². The standard InChI is InChI=1S/C44H29NS/c1-2-10-38(11-3-1)45(40-24-25-42-41-12-6-7-13-43(41)46-44(42)29-40)39-22-20-31(21-23-39)33-16-17-36-28-37(19-18-35(36)27-33)34-15-14-30-8-4-5-9-32(30)26-34/h1-29H. The Kier molecular flexibility index (Phi) is 6.40. The number of anilines is 3. The quantitative estimate of drug-likeness (QED) is 0.189. The maximum atomic E-state index is 2.35. The van der Waals surface area contributed by atoms with Gasteiger partial charge in [-0.15, -0.1) is 11.3 Å². The predicted octanol–water partition coefficient (Wildman–Crippen LogP) is 13.2. The van der Waals surface area contributed by atoms with Gasteiger partial charge in [-0.05, 0) is 104 Å². The van der Waals surface area contributed by atoms with Crippen LogP contribution in [0.1, 0.15) is 0 Å². The summed E-state index contributed by atoms with van der Waals surface area (Å²) in [5, 5.41) is 7.67. The summed E-state index contributed by atoms with van der Waals surface area (Å²) >= 11 is 1.86. The normalized spacial score (nSPS) is 11.5. The molecular weight excluding hydrogens is 575 g/mol. The molecule has 0 saturated carbocycles. The highest BCUT2D eigenvalue weighted by Gasteiger charge is 2.15. The first-order valence-electron chi connectivity index (χ1n) is 15.7. The van der Waals surface area contributed by atoms with E-state index in [4.69, 9.17) is 0 Å². The molecule has 0 spiro atoms.